The fourth-order valence-corrected chi connectivity index (χ4v) is 1.84. The van der Waals surface area contributed by atoms with E-state index in [1.165, 1.54) is 12.1 Å². The molecule has 17 heavy (non-hydrogen) atoms. The largest absolute Gasteiger partial charge is 0.412 e. The molecule has 0 saturated heterocycles. The molecule has 0 aliphatic heterocycles. The predicted octanol–water partition coefficient (Wildman–Crippen LogP) is -0.388. The van der Waals surface area contributed by atoms with Gasteiger partial charge in [-0.2, -0.15) is 8.42 Å². The number of hydrogen-bond acceptors (Lipinski definition) is 2. The smallest absolute Gasteiger partial charge is 0.294 e. The van der Waals surface area contributed by atoms with Crippen molar-refractivity contribution in [1.29, 1.82) is 0 Å². The highest BCUT2D eigenvalue weighted by molar-refractivity contribution is 7.85. The minimum absolute atomic E-state index is 0. The van der Waals surface area contributed by atoms with Gasteiger partial charge in [-0.25, -0.2) is 0 Å². The Bertz CT molecular complexity index is 578. The minimum Gasteiger partial charge on any atom is -0.412 e. The molecule has 7 heteroatoms. The van der Waals surface area contributed by atoms with Gasteiger partial charge < -0.3 is 16.4 Å². The lowest BCUT2D eigenvalue weighted by atomic mass is 10.1. The summed E-state index contributed by atoms with van der Waals surface area (Å²) in [5.41, 5.74) is 0. The quantitative estimate of drug-likeness (QED) is 0.697. The van der Waals surface area contributed by atoms with Crippen LogP contribution in [0.25, 0.3) is 10.8 Å². The predicted molar refractivity (Wildman–Crippen MR) is 64.6 cm³/mol. The van der Waals surface area contributed by atoms with Crippen molar-refractivity contribution >= 4 is 20.9 Å². The first-order valence-corrected chi connectivity index (χ1v) is 5.48. The van der Waals surface area contributed by atoms with Crippen molar-refractivity contribution in [2.45, 2.75) is 4.90 Å². The van der Waals surface area contributed by atoms with Crippen molar-refractivity contribution in [2.75, 3.05) is 0 Å². The number of hydrogen-bond donors (Lipinski definition) is 1. The third-order valence-electron chi connectivity index (χ3n) is 2.02. The minimum atomic E-state index is -4.09. The van der Waals surface area contributed by atoms with E-state index in [2.05, 4.69) is 0 Å². The standard InChI is InChI=1S/C10H8O3S.3H2O/c11-14(12,13)10-6-5-8-3-1-2-4-9(8)7-10;;;/h1-7H,(H,11,12,13);3*1H2. The van der Waals surface area contributed by atoms with Crippen LogP contribution in [-0.4, -0.2) is 29.4 Å². The summed E-state index contributed by atoms with van der Waals surface area (Å²) in [6, 6.07) is 11.9. The van der Waals surface area contributed by atoms with Crippen molar-refractivity contribution in [3.05, 3.63) is 42.5 Å². The second-order valence-corrected chi connectivity index (χ2v) is 4.41. The highest BCUT2D eigenvalue weighted by Gasteiger charge is 2.08. The number of fused-ring (bicyclic) bond motifs is 1. The summed E-state index contributed by atoms with van der Waals surface area (Å²) >= 11 is 0. The van der Waals surface area contributed by atoms with Crippen molar-refractivity contribution in [2.24, 2.45) is 0 Å². The van der Waals surface area contributed by atoms with Crippen LogP contribution in [-0.2, 0) is 10.1 Å². The van der Waals surface area contributed by atoms with Crippen molar-refractivity contribution < 1.29 is 29.4 Å². The summed E-state index contributed by atoms with van der Waals surface area (Å²) in [6.07, 6.45) is 0. The molecule has 0 amide bonds. The molecular weight excluding hydrogens is 248 g/mol. The van der Waals surface area contributed by atoms with E-state index in [-0.39, 0.29) is 21.3 Å². The summed E-state index contributed by atoms with van der Waals surface area (Å²) in [4.78, 5) is -0.0730. The molecule has 2 rings (SSSR count). The van der Waals surface area contributed by atoms with Gasteiger partial charge in [-0.3, -0.25) is 4.55 Å². The summed E-state index contributed by atoms with van der Waals surface area (Å²) in [6.45, 7) is 0. The van der Waals surface area contributed by atoms with Crippen molar-refractivity contribution in [3.63, 3.8) is 0 Å². The average molecular weight is 262 g/mol. The molecule has 0 spiro atoms. The van der Waals surface area contributed by atoms with Gasteiger partial charge in [-0.1, -0.05) is 30.3 Å². The maximum absolute atomic E-state index is 10.8. The van der Waals surface area contributed by atoms with E-state index in [4.69, 9.17) is 4.55 Å². The fourth-order valence-electron chi connectivity index (χ4n) is 1.33. The lowest BCUT2D eigenvalue weighted by molar-refractivity contribution is 0.483. The van der Waals surface area contributed by atoms with Crippen LogP contribution in [0.2, 0.25) is 0 Å². The molecule has 96 valence electrons. The van der Waals surface area contributed by atoms with Gasteiger partial charge in [0.1, 0.15) is 0 Å². The van der Waals surface area contributed by atoms with Crippen LogP contribution in [0.15, 0.2) is 47.4 Å². The molecular formula is C10H14O6S. The van der Waals surface area contributed by atoms with E-state index in [0.717, 1.165) is 10.8 Å². The zero-order chi connectivity index (χ0) is 10.2. The molecule has 6 nitrogen and oxygen atoms in total. The maximum Gasteiger partial charge on any atom is 0.294 e. The van der Waals surface area contributed by atoms with E-state index < -0.39 is 10.1 Å². The third-order valence-corrected chi connectivity index (χ3v) is 2.87. The fraction of sp³-hybridized carbons (Fsp3) is 0. The molecule has 0 saturated carbocycles. The average Bonchev–Trinajstić information content (AvgIpc) is 2.16. The molecule has 0 bridgehead atoms. The Labute approximate surface area is 98.2 Å². The Morgan fingerprint density at radius 1 is 0.824 bits per heavy atom. The van der Waals surface area contributed by atoms with E-state index >= 15 is 0 Å². The van der Waals surface area contributed by atoms with Crippen LogP contribution in [0.1, 0.15) is 0 Å². The van der Waals surface area contributed by atoms with Crippen LogP contribution in [0, 0.1) is 0 Å². The second kappa shape index (κ2) is 6.28. The van der Waals surface area contributed by atoms with Crippen LogP contribution < -0.4 is 0 Å². The van der Waals surface area contributed by atoms with Gasteiger partial charge in [0.25, 0.3) is 10.1 Å². The molecule has 0 unspecified atom stereocenters. The zero-order valence-electron chi connectivity index (χ0n) is 8.71. The van der Waals surface area contributed by atoms with Crippen LogP contribution in [0.5, 0.6) is 0 Å². The molecule has 2 aromatic carbocycles. The number of benzene rings is 2. The first-order valence-electron chi connectivity index (χ1n) is 4.04. The van der Waals surface area contributed by atoms with E-state index in [9.17, 15) is 8.42 Å². The first-order chi connectivity index (χ1) is 6.57. The molecule has 0 aliphatic rings. The van der Waals surface area contributed by atoms with Crippen LogP contribution >= 0.6 is 0 Å². The maximum atomic E-state index is 10.8. The Morgan fingerprint density at radius 3 is 1.88 bits per heavy atom. The molecule has 0 fully saturated rings. The van der Waals surface area contributed by atoms with Crippen molar-refractivity contribution in [3.8, 4) is 0 Å². The van der Waals surface area contributed by atoms with Gasteiger partial charge in [0.15, 0.2) is 0 Å². The SMILES string of the molecule is O.O.O.O=S(=O)(O)c1ccc2ccccc2c1. The summed E-state index contributed by atoms with van der Waals surface area (Å²) in [5, 5.41) is 1.74. The Kier molecular flexibility index (Phi) is 6.60. The van der Waals surface area contributed by atoms with Crippen LogP contribution in [0.3, 0.4) is 0 Å². The zero-order valence-corrected chi connectivity index (χ0v) is 9.53. The second-order valence-electron chi connectivity index (χ2n) is 2.98. The number of rotatable bonds is 1. The highest BCUT2D eigenvalue weighted by Crippen LogP contribution is 2.18. The Morgan fingerprint density at radius 2 is 1.35 bits per heavy atom. The summed E-state index contributed by atoms with van der Waals surface area (Å²) in [7, 11) is -4.09. The van der Waals surface area contributed by atoms with Crippen LogP contribution in [0.4, 0.5) is 0 Å². The van der Waals surface area contributed by atoms with E-state index in [0.29, 0.717) is 0 Å². The van der Waals surface area contributed by atoms with E-state index in [1.807, 2.05) is 18.2 Å². The Balaban J connectivity index is 0. The molecule has 0 atom stereocenters. The molecule has 2 aromatic rings. The summed E-state index contributed by atoms with van der Waals surface area (Å²) < 4.78 is 30.5. The molecule has 0 aromatic heterocycles. The Hall–Kier alpha value is -1.51. The lowest BCUT2D eigenvalue weighted by Gasteiger charge is -1.99. The van der Waals surface area contributed by atoms with Gasteiger partial charge in [0.05, 0.1) is 4.90 Å². The van der Waals surface area contributed by atoms with Gasteiger partial charge in [0, 0.05) is 0 Å². The first kappa shape index (κ1) is 17.9. The molecule has 0 heterocycles. The van der Waals surface area contributed by atoms with Crippen molar-refractivity contribution in [1.82, 2.24) is 0 Å². The van der Waals surface area contributed by atoms with Gasteiger partial charge in [-0.05, 0) is 22.9 Å². The summed E-state index contributed by atoms with van der Waals surface area (Å²) in [5.74, 6) is 0. The topological polar surface area (TPSA) is 149 Å². The van der Waals surface area contributed by atoms with E-state index in [1.54, 1.807) is 12.1 Å². The lowest BCUT2D eigenvalue weighted by Crippen LogP contribution is -1.97. The molecule has 0 radical (unpaired) electrons. The molecule has 7 N–H and O–H groups in total. The molecule has 0 aliphatic carbocycles. The van der Waals surface area contributed by atoms with Gasteiger partial charge in [-0.15, -0.1) is 0 Å². The normalized spacial score (nSPS) is 9.71. The third kappa shape index (κ3) is 3.77. The van der Waals surface area contributed by atoms with Gasteiger partial charge in [0.2, 0.25) is 0 Å². The highest BCUT2D eigenvalue weighted by atomic mass is 32.2. The monoisotopic (exact) mass is 262 g/mol. The van der Waals surface area contributed by atoms with Gasteiger partial charge >= 0.3 is 0 Å².